The normalized spacial score (nSPS) is 10.7. The maximum Gasteiger partial charge on any atom is 0.257 e. The third kappa shape index (κ3) is 6.26. The van der Waals surface area contributed by atoms with E-state index >= 15 is 0 Å². The summed E-state index contributed by atoms with van der Waals surface area (Å²) in [7, 11) is 3.17. The predicted molar refractivity (Wildman–Crippen MR) is 163 cm³/mol. The lowest BCUT2D eigenvalue weighted by Gasteiger charge is -2.16. The van der Waals surface area contributed by atoms with Crippen LogP contribution in [-0.2, 0) is 4.74 Å². The number of pyridine rings is 1. The summed E-state index contributed by atoms with van der Waals surface area (Å²) in [6, 6.07) is 19.6. The molecule has 11 heteroatoms. The van der Waals surface area contributed by atoms with Gasteiger partial charge >= 0.3 is 0 Å². The predicted octanol–water partition coefficient (Wildman–Crippen LogP) is 5.30. The van der Waals surface area contributed by atoms with E-state index in [1.54, 1.807) is 62.9 Å². The highest BCUT2D eigenvalue weighted by atomic mass is 16.5. The van der Waals surface area contributed by atoms with Gasteiger partial charge in [-0.1, -0.05) is 12.1 Å². The number of nitrogen functional groups attached to an aromatic ring is 1. The number of nitrogens with zero attached hydrogens (tertiary/aromatic N) is 3. The lowest BCUT2D eigenvalue weighted by Crippen LogP contribution is -2.12. The van der Waals surface area contributed by atoms with Gasteiger partial charge in [-0.3, -0.25) is 9.78 Å². The van der Waals surface area contributed by atoms with Crippen molar-refractivity contribution in [3.8, 4) is 22.9 Å². The number of methoxy groups -OCH3 is 2. The van der Waals surface area contributed by atoms with Crippen LogP contribution in [-0.4, -0.2) is 54.5 Å². The molecule has 0 aliphatic rings. The Morgan fingerprint density at radius 2 is 1.86 bits per heavy atom. The van der Waals surface area contributed by atoms with Crippen molar-refractivity contribution in [2.75, 3.05) is 43.8 Å². The minimum Gasteiger partial charge on any atom is -0.493 e. The van der Waals surface area contributed by atoms with E-state index in [4.69, 9.17) is 35.3 Å². The Bertz CT molecular complexity index is 1750. The average molecular weight is 564 g/mol. The molecule has 5 aromatic rings. The fraction of sp³-hybridized carbons (Fsp3) is 0.129. The Kier molecular flexibility index (Phi) is 8.50. The monoisotopic (exact) mass is 563 g/mol. The Labute approximate surface area is 242 Å². The van der Waals surface area contributed by atoms with Gasteiger partial charge in [0.25, 0.3) is 5.91 Å². The molecule has 0 fully saturated rings. The van der Waals surface area contributed by atoms with Gasteiger partial charge in [-0.05, 0) is 48.5 Å². The zero-order valence-corrected chi connectivity index (χ0v) is 23.0. The Balaban J connectivity index is 1.58. The van der Waals surface area contributed by atoms with E-state index in [2.05, 4.69) is 15.6 Å². The van der Waals surface area contributed by atoms with E-state index in [0.29, 0.717) is 81.0 Å². The molecule has 42 heavy (non-hydrogen) atoms. The fourth-order valence-corrected chi connectivity index (χ4v) is 4.22. The van der Waals surface area contributed by atoms with Gasteiger partial charge in [0.15, 0.2) is 17.3 Å². The van der Waals surface area contributed by atoms with E-state index in [1.807, 2.05) is 24.3 Å². The molecule has 3 aromatic carbocycles. The van der Waals surface area contributed by atoms with Crippen molar-refractivity contribution >= 4 is 45.9 Å². The van der Waals surface area contributed by atoms with Gasteiger partial charge in [0.1, 0.15) is 12.4 Å². The third-order valence-corrected chi connectivity index (χ3v) is 6.33. The number of amides is 1. The first-order valence-electron chi connectivity index (χ1n) is 13.0. The molecule has 212 valence electrons. The van der Waals surface area contributed by atoms with Crippen LogP contribution in [0, 0.1) is 5.41 Å². The van der Waals surface area contributed by atoms with Gasteiger partial charge in [-0.2, -0.15) is 0 Å². The summed E-state index contributed by atoms with van der Waals surface area (Å²) in [6.07, 6.45) is 4.31. The summed E-state index contributed by atoms with van der Waals surface area (Å²) in [6.45, 7) is 0.742. The van der Waals surface area contributed by atoms with E-state index in [9.17, 15) is 4.79 Å². The third-order valence-electron chi connectivity index (χ3n) is 6.33. The molecule has 0 spiro atoms. The maximum atomic E-state index is 12.7. The highest BCUT2D eigenvalue weighted by Gasteiger charge is 2.16. The van der Waals surface area contributed by atoms with Crippen LogP contribution in [0.15, 0.2) is 79.1 Å². The number of hydrogen-bond acceptors (Lipinski definition) is 10. The van der Waals surface area contributed by atoms with Crippen LogP contribution < -0.4 is 25.8 Å². The first-order valence-corrected chi connectivity index (χ1v) is 13.0. The minimum atomic E-state index is -0.280. The van der Waals surface area contributed by atoms with Gasteiger partial charge in [0.05, 0.1) is 24.8 Å². The van der Waals surface area contributed by atoms with Crippen LogP contribution in [0.4, 0.5) is 22.9 Å². The maximum absolute atomic E-state index is 12.7. The second kappa shape index (κ2) is 12.7. The van der Waals surface area contributed by atoms with Gasteiger partial charge in [-0.25, -0.2) is 9.97 Å². The molecule has 5 N–H and O–H groups in total. The van der Waals surface area contributed by atoms with Crippen LogP contribution in [0.2, 0.25) is 0 Å². The number of nitrogens with one attached hydrogen (secondary N) is 3. The number of benzene rings is 3. The van der Waals surface area contributed by atoms with Crippen molar-refractivity contribution in [3.63, 3.8) is 0 Å². The summed E-state index contributed by atoms with van der Waals surface area (Å²) in [4.78, 5) is 26.4. The van der Waals surface area contributed by atoms with Gasteiger partial charge in [0, 0.05) is 65.4 Å². The number of ether oxygens (including phenoxy) is 3. The smallest absolute Gasteiger partial charge is 0.257 e. The molecule has 2 aromatic heterocycles. The van der Waals surface area contributed by atoms with E-state index in [1.165, 1.54) is 12.4 Å². The number of carbonyl (C=O) groups is 1. The molecule has 1 amide bonds. The van der Waals surface area contributed by atoms with Crippen LogP contribution in [0.25, 0.3) is 22.3 Å². The lowest BCUT2D eigenvalue weighted by atomic mass is 10.1. The number of hydrogen-bond donors (Lipinski definition) is 4. The van der Waals surface area contributed by atoms with Crippen LogP contribution in [0.5, 0.6) is 11.5 Å². The topological polar surface area (TPSA) is 157 Å². The number of nitrogens with two attached hydrogens (primary N) is 1. The number of anilines is 4. The first kappa shape index (κ1) is 28.0. The van der Waals surface area contributed by atoms with Crippen LogP contribution in [0.1, 0.15) is 15.9 Å². The Morgan fingerprint density at radius 1 is 0.976 bits per heavy atom. The molecule has 11 nitrogen and oxygen atoms in total. The summed E-state index contributed by atoms with van der Waals surface area (Å²) >= 11 is 0. The largest absolute Gasteiger partial charge is 0.493 e. The minimum absolute atomic E-state index is 0.280. The molecule has 0 saturated carbocycles. The molecule has 0 saturated heterocycles. The molecule has 2 heterocycles. The van der Waals surface area contributed by atoms with Crippen molar-refractivity contribution in [2.24, 2.45) is 0 Å². The highest BCUT2D eigenvalue weighted by molar-refractivity contribution is 6.04. The number of aromatic nitrogens is 3. The fourth-order valence-electron chi connectivity index (χ4n) is 4.22. The molecule has 0 bridgehead atoms. The molecule has 0 atom stereocenters. The molecule has 0 radical (unpaired) electrons. The standard InChI is InChI=1S/C31H29N7O4/c1-40-11-12-42-28-15-24-26(16-27(28)41-2)37-29(38-30(24)35-23-8-9-25(33)21(14-23)17-32)19-5-3-7-22(13-19)36-31(39)20-6-4-10-34-18-20/h3-10,13-18,32H,11-12,33H2,1-2H3,(H,36,39)(H,35,37,38). The molecule has 0 aliphatic carbocycles. The summed E-state index contributed by atoms with van der Waals surface area (Å²) in [5, 5.41) is 14.6. The lowest BCUT2D eigenvalue weighted by molar-refractivity contribution is 0.102. The average Bonchev–Trinajstić information content (AvgIpc) is 3.02. The first-order chi connectivity index (χ1) is 20.5. The summed E-state index contributed by atoms with van der Waals surface area (Å²) in [5.74, 6) is 1.66. The van der Waals surface area contributed by atoms with Gasteiger partial charge in [-0.15, -0.1) is 0 Å². The van der Waals surface area contributed by atoms with Crippen LogP contribution in [0.3, 0.4) is 0 Å². The van der Waals surface area contributed by atoms with E-state index < -0.39 is 0 Å². The quantitative estimate of drug-likeness (QED) is 0.0950. The van der Waals surface area contributed by atoms with E-state index in [-0.39, 0.29) is 5.91 Å². The highest BCUT2D eigenvalue weighted by Crippen LogP contribution is 2.37. The van der Waals surface area contributed by atoms with Crippen molar-refractivity contribution in [1.29, 1.82) is 5.41 Å². The molecular formula is C31H29N7O4. The second-order valence-electron chi connectivity index (χ2n) is 9.15. The molecule has 5 rings (SSSR count). The SMILES string of the molecule is COCCOc1cc2c(Nc3ccc(N)c(C=N)c3)nc(-c3cccc(NC(=O)c4cccnc4)c3)nc2cc1OC. The summed E-state index contributed by atoms with van der Waals surface area (Å²) in [5.41, 5.74) is 10.1. The zero-order chi connectivity index (χ0) is 29.5. The second-order valence-corrected chi connectivity index (χ2v) is 9.15. The Morgan fingerprint density at radius 3 is 2.62 bits per heavy atom. The van der Waals surface area contributed by atoms with Crippen molar-refractivity contribution < 1.29 is 19.0 Å². The van der Waals surface area contributed by atoms with Crippen molar-refractivity contribution in [1.82, 2.24) is 15.0 Å². The number of fused-ring (bicyclic) bond motifs is 1. The van der Waals surface area contributed by atoms with Crippen molar-refractivity contribution in [2.45, 2.75) is 0 Å². The molecule has 0 aliphatic heterocycles. The van der Waals surface area contributed by atoms with Gasteiger partial charge < -0.3 is 36.0 Å². The number of carbonyl (C=O) groups excluding carboxylic acids is 1. The molecule has 0 unspecified atom stereocenters. The van der Waals surface area contributed by atoms with E-state index in [0.717, 1.165) is 0 Å². The van der Waals surface area contributed by atoms with Gasteiger partial charge in [0.2, 0.25) is 0 Å². The number of rotatable bonds is 11. The summed E-state index contributed by atoms with van der Waals surface area (Å²) < 4.78 is 16.6. The Hall–Kier alpha value is -5.55. The zero-order valence-electron chi connectivity index (χ0n) is 23.0. The molecular weight excluding hydrogens is 534 g/mol. The van der Waals surface area contributed by atoms with Crippen LogP contribution >= 0.6 is 0 Å². The van der Waals surface area contributed by atoms with Crippen molar-refractivity contribution in [3.05, 3.63) is 90.3 Å².